The van der Waals surface area contributed by atoms with E-state index in [4.69, 9.17) is 0 Å². The fraction of sp³-hybridized carbons (Fsp3) is 0.120. The van der Waals surface area contributed by atoms with Crippen LogP contribution in [0.1, 0.15) is 21.7 Å². The van der Waals surface area contributed by atoms with Crippen LogP contribution in [-0.2, 0) is 11.2 Å². The topological polar surface area (TPSA) is 91.0 Å². The molecule has 0 saturated carbocycles. The van der Waals surface area contributed by atoms with E-state index >= 15 is 0 Å². The molecule has 0 aliphatic carbocycles. The van der Waals surface area contributed by atoms with Crippen molar-refractivity contribution in [1.29, 1.82) is 0 Å². The monoisotopic (exact) mass is 425 g/mol. The Morgan fingerprint density at radius 2 is 1.81 bits per heavy atom. The van der Waals surface area contributed by atoms with E-state index in [1.807, 2.05) is 42.5 Å². The van der Waals surface area contributed by atoms with Crippen LogP contribution in [0.5, 0.6) is 0 Å². The Kier molecular flexibility index (Phi) is 6.36. The minimum absolute atomic E-state index is 0.0795. The molecule has 4 aromatic rings. The summed E-state index contributed by atoms with van der Waals surface area (Å²) in [5, 5.41) is 10.9. The fourth-order valence-corrected chi connectivity index (χ4v) is 3.30. The lowest BCUT2D eigenvalue weighted by molar-refractivity contribution is -0.111. The second-order valence-electron chi connectivity index (χ2n) is 7.35. The van der Waals surface area contributed by atoms with E-state index in [2.05, 4.69) is 20.5 Å². The van der Waals surface area contributed by atoms with Gasteiger partial charge in [0.25, 0.3) is 5.91 Å². The van der Waals surface area contributed by atoms with Crippen molar-refractivity contribution < 1.29 is 9.59 Å². The third-order valence-electron chi connectivity index (χ3n) is 5.07. The van der Waals surface area contributed by atoms with E-state index in [0.717, 1.165) is 16.6 Å². The maximum absolute atomic E-state index is 12.6. The summed E-state index contributed by atoms with van der Waals surface area (Å²) in [4.78, 5) is 30.9. The third-order valence-corrected chi connectivity index (χ3v) is 5.07. The first-order valence-electron chi connectivity index (χ1n) is 10.3. The van der Waals surface area contributed by atoms with Gasteiger partial charge in [-0.2, -0.15) is 5.10 Å². The number of fused-ring (bicyclic) bond motifs is 1. The number of benzene rings is 2. The quantitative estimate of drug-likeness (QED) is 0.439. The van der Waals surface area contributed by atoms with Crippen molar-refractivity contribution in [3.63, 3.8) is 0 Å². The summed E-state index contributed by atoms with van der Waals surface area (Å²) >= 11 is 0. The van der Waals surface area contributed by atoms with Crippen molar-refractivity contribution in [3.8, 4) is 0 Å². The van der Waals surface area contributed by atoms with E-state index < -0.39 is 0 Å². The van der Waals surface area contributed by atoms with Crippen molar-refractivity contribution in [2.45, 2.75) is 6.42 Å². The highest BCUT2D eigenvalue weighted by Gasteiger charge is 2.12. The highest BCUT2D eigenvalue weighted by molar-refractivity contribution is 6.03. The van der Waals surface area contributed by atoms with Gasteiger partial charge in [0.05, 0.1) is 11.2 Å². The molecule has 2 aromatic heterocycles. The lowest BCUT2D eigenvalue weighted by atomic mass is 10.1. The summed E-state index contributed by atoms with van der Waals surface area (Å²) in [5.74, 6) is -0.354. The van der Waals surface area contributed by atoms with Crippen molar-refractivity contribution in [1.82, 2.24) is 20.1 Å². The number of rotatable bonds is 7. The number of carbonyl (C=O) groups excluding carboxylic acids is 2. The molecular weight excluding hydrogens is 402 g/mol. The van der Waals surface area contributed by atoms with Crippen LogP contribution in [0.4, 0.5) is 5.69 Å². The molecule has 160 valence electrons. The second-order valence-corrected chi connectivity index (χ2v) is 7.35. The van der Waals surface area contributed by atoms with Crippen LogP contribution in [0.15, 0.2) is 79.0 Å². The maximum atomic E-state index is 12.6. The van der Waals surface area contributed by atoms with Gasteiger partial charge in [0, 0.05) is 54.6 Å². The molecule has 2 heterocycles. The van der Waals surface area contributed by atoms with E-state index in [-0.39, 0.29) is 11.8 Å². The number of aromatic nitrogens is 3. The molecule has 0 atom stereocenters. The van der Waals surface area contributed by atoms with Gasteiger partial charge in [-0.1, -0.05) is 24.3 Å². The molecule has 0 radical (unpaired) electrons. The first kappa shape index (κ1) is 21.0. The van der Waals surface area contributed by atoms with Gasteiger partial charge in [-0.25, -0.2) is 0 Å². The molecule has 0 saturated heterocycles. The van der Waals surface area contributed by atoms with Gasteiger partial charge in [0.1, 0.15) is 0 Å². The number of H-pyrrole nitrogens is 1. The molecule has 7 heteroatoms. The van der Waals surface area contributed by atoms with Crippen molar-refractivity contribution in [2.24, 2.45) is 0 Å². The van der Waals surface area contributed by atoms with Gasteiger partial charge in [0.2, 0.25) is 5.91 Å². The molecule has 2 amide bonds. The molecule has 4 rings (SSSR count). The Morgan fingerprint density at radius 3 is 2.59 bits per heavy atom. The molecule has 7 nitrogen and oxygen atoms in total. The largest absolute Gasteiger partial charge is 0.341 e. The number of pyridine rings is 1. The molecular formula is C25H23N5O2. The van der Waals surface area contributed by atoms with E-state index in [1.54, 1.807) is 48.5 Å². The smallest absolute Gasteiger partial charge is 0.253 e. The average Bonchev–Trinajstić information content (AvgIpc) is 3.25. The first-order chi connectivity index (χ1) is 15.6. The zero-order chi connectivity index (χ0) is 22.3. The Balaban J connectivity index is 1.32. The van der Waals surface area contributed by atoms with Gasteiger partial charge in [-0.15, -0.1) is 0 Å². The van der Waals surface area contributed by atoms with Crippen LogP contribution in [0.2, 0.25) is 0 Å². The van der Waals surface area contributed by atoms with Gasteiger partial charge in [0.15, 0.2) is 0 Å². The van der Waals surface area contributed by atoms with E-state index in [1.165, 1.54) is 6.08 Å². The predicted octanol–water partition coefficient (Wildman–Crippen LogP) is 3.92. The number of aromatic amines is 1. The maximum Gasteiger partial charge on any atom is 0.253 e. The standard InChI is InChI=1S/C25H23N5O2/c1-30(17-15-19-6-4-5-16-26-19)25(32)18-9-11-20(12-10-18)27-24(31)14-13-23-21-7-2-3-8-22(21)28-29-23/h2-14,16H,15,17H2,1H3,(H,27,31)(H,28,29). The summed E-state index contributed by atoms with van der Waals surface area (Å²) in [7, 11) is 1.77. The normalized spacial score (nSPS) is 11.0. The Bertz CT molecular complexity index is 1250. The zero-order valence-electron chi connectivity index (χ0n) is 17.7. The number of nitrogens with one attached hydrogen (secondary N) is 2. The lowest BCUT2D eigenvalue weighted by Crippen LogP contribution is -2.29. The molecule has 0 unspecified atom stereocenters. The number of hydrogen-bond donors (Lipinski definition) is 2. The number of anilines is 1. The number of nitrogens with zero attached hydrogens (tertiary/aromatic N) is 3. The molecule has 0 aliphatic heterocycles. The molecule has 0 aliphatic rings. The number of hydrogen-bond acceptors (Lipinski definition) is 4. The summed E-state index contributed by atoms with van der Waals surface area (Å²) in [5.41, 5.74) is 3.73. The first-order valence-corrected chi connectivity index (χ1v) is 10.3. The number of para-hydroxylation sites is 1. The van der Waals surface area contributed by atoms with Gasteiger partial charge < -0.3 is 10.2 Å². The minimum Gasteiger partial charge on any atom is -0.341 e. The van der Waals surface area contributed by atoms with Crippen LogP contribution in [0.25, 0.3) is 17.0 Å². The minimum atomic E-state index is -0.274. The highest BCUT2D eigenvalue weighted by Crippen LogP contribution is 2.16. The number of carbonyl (C=O) groups is 2. The van der Waals surface area contributed by atoms with Crippen LogP contribution in [-0.4, -0.2) is 45.5 Å². The van der Waals surface area contributed by atoms with Gasteiger partial charge in [-0.05, 0) is 48.5 Å². The molecule has 2 aromatic carbocycles. The summed E-state index contributed by atoms with van der Waals surface area (Å²) < 4.78 is 0. The van der Waals surface area contributed by atoms with Crippen LogP contribution >= 0.6 is 0 Å². The molecule has 0 fully saturated rings. The zero-order valence-corrected chi connectivity index (χ0v) is 17.7. The molecule has 32 heavy (non-hydrogen) atoms. The highest BCUT2D eigenvalue weighted by atomic mass is 16.2. The summed E-state index contributed by atoms with van der Waals surface area (Å²) in [6.07, 6.45) is 5.54. The van der Waals surface area contributed by atoms with Crippen LogP contribution in [0.3, 0.4) is 0 Å². The van der Waals surface area contributed by atoms with E-state index in [9.17, 15) is 9.59 Å². The van der Waals surface area contributed by atoms with Crippen molar-refractivity contribution in [3.05, 3.63) is 96.0 Å². The van der Waals surface area contributed by atoms with Crippen LogP contribution in [0, 0.1) is 0 Å². The Hall–Kier alpha value is -4.26. The molecule has 0 spiro atoms. The van der Waals surface area contributed by atoms with Crippen molar-refractivity contribution in [2.75, 3.05) is 18.9 Å². The SMILES string of the molecule is CN(CCc1ccccn1)C(=O)c1ccc(NC(=O)C=Cc2n[nH]c3ccccc23)cc1. The van der Waals surface area contributed by atoms with Crippen LogP contribution < -0.4 is 5.32 Å². The Morgan fingerprint density at radius 1 is 1.03 bits per heavy atom. The molecule has 0 bridgehead atoms. The molecule has 2 N–H and O–H groups in total. The summed E-state index contributed by atoms with van der Waals surface area (Å²) in [6, 6.07) is 20.3. The average molecular weight is 425 g/mol. The summed E-state index contributed by atoms with van der Waals surface area (Å²) in [6.45, 7) is 0.570. The number of likely N-dealkylation sites (N-methyl/N-ethyl adjacent to an activating group) is 1. The lowest BCUT2D eigenvalue weighted by Gasteiger charge is -2.17. The van der Waals surface area contributed by atoms with Crippen molar-refractivity contribution >= 4 is 34.5 Å². The van der Waals surface area contributed by atoms with E-state index in [0.29, 0.717) is 29.9 Å². The second kappa shape index (κ2) is 9.70. The predicted molar refractivity (Wildman–Crippen MR) is 125 cm³/mol. The van der Waals surface area contributed by atoms with Gasteiger partial charge >= 0.3 is 0 Å². The van der Waals surface area contributed by atoms with Gasteiger partial charge in [-0.3, -0.25) is 19.7 Å². The third kappa shape index (κ3) is 5.07. The fourth-order valence-electron chi connectivity index (χ4n) is 3.30. The number of amides is 2. The Labute approximate surface area is 185 Å².